The number of aliphatic hydroxyl groups excluding tert-OH is 1. The van der Waals surface area contributed by atoms with E-state index in [0.29, 0.717) is 28.6 Å². The molecule has 10 heteroatoms. The highest BCUT2D eigenvalue weighted by Gasteiger charge is 2.16. The number of aliphatic hydroxyl groups is 1. The first-order valence-electron chi connectivity index (χ1n) is 8.80. The Morgan fingerprint density at radius 2 is 2.04 bits per heavy atom. The van der Waals surface area contributed by atoms with Crippen molar-refractivity contribution < 1.29 is 13.9 Å². The van der Waals surface area contributed by atoms with Crippen molar-refractivity contribution in [2.24, 2.45) is 0 Å². The summed E-state index contributed by atoms with van der Waals surface area (Å²) in [5, 5.41) is 16.5. The van der Waals surface area contributed by atoms with Gasteiger partial charge in [-0.3, -0.25) is 0 Å². The summed E-state index contributed by atoms with van der Waals surface area (Å²) in [5.74, 6) is 0.893. The van der Waals surface area contributed by atoms with E-state index in [1.165, 1.54) is 4.57 Å². The van der Waals surface area contributed by atoms with Crippen LogP contribution in [0.1, 0.15) is 12.7 Å². The van der Waals surface area contributed by atoms with Crippen LogP contribution in [-0.4, -0.2) is 53.3 Å². The third-order valence-electron chi connectivity index (χ3n) is 4.45. The molecule has 0 aromatic carbocycles. The number of alkyl halides is 2. The molecular formula is C18H19F2N7O. The monoisotopic (exact) mass is 387 g/mol. The number of nitrogens with zero attached hydrogens (tertiary/aromatic N) is 6. The van der Waals surface area contributed by atoms with Crippen LogP contribution in [0.4, 0.5) is 14.7 Å². The molecule has 0 aliphatic rings. The predicted molar refractivity (Wildman–Crippen MR) is 100 cm³/mol. The molecular weight excluding hydrogens is 368 g/mol. The zero-order chi connectivity index (χ0) is 19.8. The van der Waals surface area contributed by atoms with E-state index in [2.05, 4.69) is 25.4 Å². The fourth-order valence-corrected chi connectivity index (χ4v) is 3.07. The summed E-state index contributed by atoms with van der Waals surface area (Å²) in [6.07, 6.45) is 0.939. The number of aryl methyl sites for hydroxylation is 1. The Balaban J connectivity index is 1.76. The van der Waals surface area contributed by atoms with Gasteiger partial charge in [-0.2, -0.15) is 0 Å². The molecule has 28 heavy (non-hydrogen) atoms. The number of aromatic nitrogens is 6. The number of pyridine rings is 1. The van der Waals surface area contributed by atoms with Gasteiger partial charge in [-0.15, -0.1) is 5.10 Å². The van der Waals surface area contributed by atoms with Gasteiger partial charge in [0.05, 0.1) is 30.6 Å². The molecule has 2 N–H and O–H groups in total. The molecule has 4 aromatic rings. The van der Waals surface area contributed by atoms with Crippen LogP contribution in [-0.2, 0) is 6.54 Å². The van der Waals surface area contributed by atoms with Gasteiger partial charge in [-0.1, -0.05) is 0 Å². The average molecular weight is 387 g/mol. The first-order valence-corrected chi connectivity index (χ1v) is 8.80. The van der Waals surface area contributed by atoms with Crippen LogP contribution in [0.15, 0.2) is 30.6 Å². The van der Waals surface area contributed by atoms with E-state index in [0.717, 1.165) is 11.1 Å². The summed E-state index contributed by atoms with van der Waals surface area (Å²) in [6.45, 7) is 3.02. The minimum absolute atomic E-state index is 0.0338. The third kappa shape index (κ3) is 3.26. The lowest BCUT2D eigenvalue weighted by Crippen LogP contribution is -2.21. The molecule has 0 spiro atoms. The molecule has 4 aromatic heterocycles. The van der Waals surface area contributed by atoms with E-state index < -0.39 is 13.0 Å². The van der Waals surface area contributed by atoms with Crippen molar-refractivity contribution in [2.75, 3.05) is 11.9 Å². The van der Waals surface area contributed by atoms with Crippen LogP contribution in [0.25, 0.3) is 27.9 Å². The van der Waals surface area contributed by atoms with Crippen molar-refractivity contribution in [3.63, 3.8) is 0 Å². The number of halogens is 2. The largest absolute Gasteiger partial charge is 0.394 e. The lowest BCUT2D eigenvalue weighted by Gasteiger charge is -2.10. The fraction of sp³-hybridized carbons (Fsp3) is 0.333. The molecule has 0 aliphatic heterocycles. The number of nitrogens with one attached hydrogen (secondary N) is 1. The maximum Gasteiger partial charge on any atom is 0.256 e. The predicted octanol–water partition coefficient (Wildman–Crippen LogP) is 2.51. The van der Waals surface area contributed by atoms with Gasteiger partial charge in [-0.05, 0) is 32.0 Å². The van der Waals surface area contributed by atoms with Gasteiger partial charge in [0, 0.05) is 17.8 Å². The number of imidazole rings is 1. The van der Waals surface area contributed by atoms with Gasteiger partial charge >= 0.3 is 0 Å². The Hall–Kier alpha value is -3.14. The summed E-state index contributed by atoms with van der Waals surface area (Å²) >= 11 is 0. The quantitative estimate of drug-likeness (QED) is 0.528. The number of anilines is 1. The minimum Gasteiger partial charge on any atom is -0.394 e. The molecule has 0 unspecified atom stereocenters. The molecule has 0 saturated heterocycles. The molecule has 0 amide bonds. The third-order valence-corrected chi connectivity index (χ3v) is 4.45. The lowest BCUT2D eigenvalue weighted by atomic mass is 10.2. The number of hydrogen-bond acceptors (Lipinski definition) is 6. The van der Waals surface area contributed by atoms with Crippen molar-refractivity contribution in [1.29, 1.82) is 0 Å². The molecule has 8 nitrogen and oxygen atoms in total. The van der Waals surface area contributed by atoms with E-state index in [-0.39, 0.29) is 12.6 Å². The normalized spacial score (nSPS) is 12.9. The van der Waals surface area contributed by atoms with Crippen molar-refractivity contribution in [2.45, 2.75) is 32.9 Å². The van der Waals surface area contributed by atoms with Crippen LogP contribution < -0.4 is 5.32 Å². The number of fused-ring (bicyclic) bond motifs is 2. The molecule has 0 aliphatic carbocycles. The Bertz CT molecular complexity index is 1140. The molecule has 4 heterocycles. The summed E-state index contributed by atoms with van der Waals surface area (Å²) in [7, 11) is 0. The van der Waals surface area contributed by atoms with Gasteiger partial charge in [0.2, 0.25) is 5.95 Å². The lowest BCUT2D eigenvalue weighted by molar-refractivity contribution is 0.127. The first kappa shape index (κ1) is 18.2. The van der Waals surface area contributed by atoms with Gasteiger partial charge < -0.3 is 15.0 Å². The van der Waals surface area contributed by atoms with Crippen LogP contribution in [0.5, 0.6) is 0 Å². The van der Waals surface area contributed by atoms with Crippen LogP contribution in [0.3, 0.4) is 0 Å². The Kier molecular flexibility index (Phi) is 4.63. The van der Waals surface area contributed by atoms with Gasteiger partial charge in [0.15, 0.2) is 5.65 Å². The number of hydrogen-bond donors (Lipinski definition) is 2. The first-order chi connectivity index (χ1) is 13.5. The topological polar surface area (TPSA) is 93.2 Å². The maximum atomic E-state index is 12.9. The highest BCUT2D eigenvalue weighted by atomic mass is 19.3. The molecule has 0 radical (unpaired) electrons. The van der Waals surface area contributed by atoms with Crippen LogP contribution in [0, 0.1) is 6.92 Å². The average Bonchev–Trinajstić information content (AvgIpc) is 3.22. The molecule has 0 saturated carbocycles. The highest BCUT2D eigenvalue weighted by Crippen LogP contribution is 2.26. The smallest absolute Gasteiger partial charge is 0.256 e. The van der Waals surface area contributed by atoms with E-state index >= 15 is 0 Å². The zero-order valence-corrected chi connectivity index (χ0v) is 15.3. The molecule has 146 valence electrons. The van der Waals surface area contributed by atoms with Crippen molar-refractivity contribution in [3.05, 3.63) is 36.4 Å². The van der Waals surface area contributed by atoms with Crippen LogP contribution >= 0.6 is 0 Å². The summed E-state index contributed by atoms with van der Waals surface area (Å²) in [4.78, 5) is 13.2. The van der Waals surface area contributed by atoms with E-state index in [1.54, 1.807) is 36.0 Å². The van der Waals surface area contributed by atoms with Gasteiger partial charge in [-0.25, -0.2) is 28.2 Å². The van der Waals surface area contributed by atoms with Crippen molar-refractivity contribution in [1.82, 2.24) is 29.1 Å². The van der Waals surface area contributed by atoms with Gasteiger partial charge in [0.25, 0.3) is 6.43 Å². The SMILES string of the molecule is Cc1nc2ccc(-c3ccn4nc(N[C@H](C)CO)ncc34)nc2n1CC(F)F. The van der Waals surface area contributed by atoms with Gasteiger partial charge in [0.1, 0.15) is 11.3 Å². The Labute approximate surface area is 158 Å². The van der Waals surface area contributed by atoms with E-state index in [9.17, 15) is 8.78 Å². The van der Waals surface area contributed by atoms with E-state index in [4.69, 9.17) is 5.11 Å². The maximum absolute atomic E-state index is 12.9. The second kappa shape index (κ2) is 7.12. The second-order valence-corrected chi connectivity index (χ2v) is 6.57. The highest BCUT2D eigenvalue weighted by molar-refractivity contribution is 5.82. The summed E-state index contributed by atoms with van der Waals surface area (Å²) < 4.78 is 28.9. The standard InChI is InChI=1S/C18H19F2N7O/c1-10(9-28)22-18-21-7-15-12(5-6-27(15)25-18)13-3-4-14-17(24-13)26(8-16(19)20)11(2)23-14/h3-7,10,16,28H,8-9H2,1-2H3,(H,22,25)/t10-/m1/s1. The summed E-state index contributed by atoms with van der Waals surface area (Å²) in [5.41, 5.74) is 3.13. The molecule has 4 rings (SSSR count). The minimum atomic E-state index is -2.49. The van der Waals surface area contributed by atoms with Crippen molar-refractivity contribution >= 4 is 22.6 Å². The zero-order valence-electron chi connectivity index (χ0n) is 15.3. The van der Waals surface area contributed by atoms with Crippen molar-refractivity contribution in [3.8, 4) is 11.3 Å². The van der Waals surface area contributed by atoms with E-state index in [1.807, 2.05) is 13.0 Å². The Morgan fingerprint density at radius 3 is 2.79 bits per heavy atom. The number of rotatable bonds is 6. The fourth-order valence-electron chi connectivity index (χ4n) is 3.07. The second-order valence-electron chi connectivity index (χ2n) is 6.57. The molecule has 0 bridgehead atoms. The summed E-state index contributed by atoms with van der Waals surface area (Å²) in [6, 6.07) is 5.25. The Morgan fingerprint density at radius 1 is 1.21 bits per heavy atom. The molecule has 1 atom stereocenters. The van der Waals surface area contributed by atoms with Crippen LogP contribution in [0.2, 0.25) is 0 Å². The molecule has 0 fully saturated rings.